The molecule has 0 aliphatic rings. The number of hydrogen-bond acceptors (Lipinski definition) is 4. The summed E-state index contributed by atoms with van der Waals surface area (Å²) in [4.78, 5) is 4.11. The predicted octanol–water partition coefficient (Wildman–Crippen LogP) is 1.48. The molecule has 8 heteroatoms. The Labute approximate surface area is 160 Å². The van der Waals surface area contributed by atoms with E-state index in [0.29, 0.717) is 12.5 Å². The van der Waals surface area contributed by atoms with Crippen molar-refractivity contribution >= 4 is 16.0 Å². The van der Waals surface area contributed by atoms with Crippen molar-refractivity contribution in [3.05, 3.63) is 65.7 Å². The summed E-state index contributed by atoms with van der Waals surface area (Å²) < 4.78 is 32.0. The van der Waals surface area contributed by atoms with Gasteiger partial charge >= 0.3 is 0 Å². The lowest BCUT2D eigenvalue weighted by Crippen LogP contribution is -2.40. The first-order valence-electron chi connectivity index (χ1n) is 8.61. The van der Waals surface area contributed by atoms with Crippen LogP contribution in [0.3, 0.4) is 0 Å². The topological polar surface area (TPSA) is 91.8 Å². The molecular weight excluding hydrogens is 364 g/mol. The Morgan fingerprint density at radius 2 is 1.74 bits per heavy atom. The molecule has 0 atom stereocenters. The summed E-state index contributed by atoms with van der Waals surface area (Å²) in [6.45, 7) is 1.09. The number of sulfonamides is 1. The van der Waals surface area contributed by atoms with E-state index in [9.17, 15) is 8.42 Å². The molecule has 0 saturated carbocycles. The fraction of sp³-hybridized carbons (Fsp3) is 0.316. The first-order chi connectivity index (χ1) is 13.0. The molecule has 2 aromatic carbocycles. The third kappa shape index (κ3) is 7.67. The Morgan fingerprint density at radius 3 is 2.44 bits per heavy atom. The van der Waals surface area contributed by atoms with Crippen LogP contribution in [0.15, 0.2) is 59.6 Å². The Balaban J connectivity index is 1.74. The number of nitrogens with zero attached hydrogens (tertiary/aromatic N) is 1. The molecule has 0 aliphatic heterocycles. The fourth-order valence-electron chi connectivity index (χ4n) is 2.35. The lowest BCUT2D eigenvalue weighted by atomic mass is 10.2. The van der Waals surface area contributed by atoms with Crippen LogP contribution >= 0.6 is 0 Å². The quantitative estimate of drug-likeness (QED) is 0.446. The minimum absolute atomic E-state index is 0.0420. The molecule has 0 saturated heterocycles. The van der Waals surface area contributed by atoms with E-state index >= 15 is 0 Å². The van der Waals surface area contributed by atoms with Gasteiger partial charge in [0, 0.05) is 26.7 Å². The Bertz CT molecular complexity index is 839. The number of methoxy groups -OCH3 is 1. The summed E-state index contributed by atoms with van der Waals surface area (Å²) in [7, 11) is -0.105. The second-order valence-corrected chi connectivity index (χ2v) is 7.76. The van der Waals surface area contributed by atoms with E-state index in [-0.39, 0.29) is 18.8 Å². The Morgan fingerprint density at radius 1 is 1.00 bits per heavy atom. The number of hydrogen-bond donors (Lipinski definition) is 3. The molecule has 0 bridgehead atoms. The third-order valence-electron chi connectivity index (χ3n) is 3.82. The Kier molecular flexibility index (Phi) is 8.09. The molecule has 0 radical (unpaired) electrons. The highest BCUT2D eigenvalue weighted by molar-refractivity contribution is 7.89. The van der Waals surface area contributed by atoms with E-state index in [2.05, 4.69) is 20.3 Å². The van der Waals surface area contributed by atoms with Crippen molar-refractivity contribution < 1.29 is 13.2 Å². The number of benzene rings is 2. The maximum absolute atomic E-state index is 12.1. The number of aliphatic imine (C=N–C) groups is 1. The van der Waals surface area contributed by atoms with Crippen LogP contribution in [0.1, 0.15) is 11.1 Å². The summed E-state index contributed by atoms with van der Waals surface area (Å²) in [5, 5.41) is 6.16. The van der Waals surface area contributed by atoms with Crippen molar-refractivity contribution in [3.63, 3.8) is 0 Å². The fourth-order valence-corrected chi connectivity index (χ4v) is 3.26. The predicted molar refractivity (Wildman–Crippen MR) is 108 cm³/mol. The summed E-state index contributed by atoms with van der Waals surface area (Å²) in [6.07, 6.45) is 0. The lowest BCUT2D eigenvalue weighted by molar-refractivity contribution is 0.414. The normalized spacial score (nSPS) is 11.9. The number of nitrogens with one attached hydrogen (secondary N) is 3. The largest absolute Gasteiger partial charge is 0.497 e. The van der Waals surface area contributed by atoms with Crippen molar-refractivity contribution in [2.24, 2.45) is 4.99 Å². The highest BCUT2D eigenvalue weighted by atomic mass is 32.2. The van der Waals surface area contributed by atoms with Crippen LogP contribution in [0.2, 0.25) is 0 Å². The molecule has 0 fully saturated rings. The molecule has 3 N–H and O–H groups in total. The average molecular weight is 391 g/mol. The van der Waals surface area contributed by atoms with Crippen molar-refractivity contribution in [1.82, 2.24) is 15.4 Å². The van der Waals surface area contributed by atoms with Gasteiger partial charge in [-0.2, -0.15) is 0 Å². The minimum atomic E-state index is -3.37. The third-order valence-corrected chi connectivity index (χ3v) is 5.15. The van der Waals surface area contributed by atoms with Crippen LogP contribution in [-0.4, -0.2) is 40.8 Å². The van der Waals surface area contributed by atoms with Crippen LogP contribution in [0.25, 0.3) is 0 Å². The van der Waals surface area contributed by atoms with Gasteiger partial charge in [0.2, 0.25) is 10.0 Å². The number of rotatable bonds is 9. The number of guanidine groups is 1. The van der Waals surface area contributed by atoms with Crippen LogP contribution in [0.4, 0.5) is 0 Å². The zero-order valence-corrected chi connectivity index (χ0v) is 16.4. The van der Waals surface area contributed by atoms with Gasteiger partial charge in [-0.3, -0.25) is 4.99 Å². The molecule has 2 rings (SSSR count). The summed E-state index contributed by atoms with van der Waals surface area (Å²) in [5.41, 5.74) is 1.96. The van der Waals surface area contributed by atoms with E-state index in [1.807, 2.05) is 54.6 Å². The van der Waals surface area contributed by atoms with Gasteiger partial charge in [-0.05, 0) is 23.3 Å². The molecule has 7 nitrogen and oxygen atoms in total. The molecule has 0 spiro atoms. The van der Waals surface area contributed by atoms with Crippen LogP contribution in [0.5, 0.6) is 5.75 Å². The van der Waals surface area contributed by atoms with E-state index in [4.69, 9.17) is 4.74 Å². The van der Waals surface area contributed by atoms with Gasteiger partial charge in [-0.1, -0.05) is 42.5 Å². The van der Waals surface area contributed by atoms with Gasteiger partial charge < -0.3 is 15.4 Å². The molecule has 146 valence electrons. The SMILES string of the molecule is CN=C(NCCS(=O)(=O)NCc1ccccc1)NCc1cccc(OC)c1. The van der Waals surface area contributed by atoms with Crippen molar-refractivity contribution in [3.8, 4) is 5.75 Å². The number of ether oxygens (including phenoxy) is 1. The minimum Gasteiger partial charge on any atom is -0.497 e. The molecular formula is C19H26N4O3S. The van der Waals surface area contributed by atoms with Gasteiger partial charge in [0.25, 0.3) is 0 Å². The van der Waals surface area contributed by atoms with E-state index < -0.39 is 10.0 Å². The van der Waals surface area contributed by atoms with E-state index in [1.165, 1.54) is 0 Å². The molecule has 0 amide bonds. The molecule has 0 aromatic heterocycles. The van der Waals surface area contributed by atoms with Gasteiger partial charge in [-0.15, -0.1) is 0 Å². The van der Waals surface area contributed by atoms with Crippen LogP contribution in [-0.2, 0) is 23.1 Å². The lowest BCUT2D eigenvalue weighted by Gasteiger charge is -2.13. The summed E-state index contributed by atoms with van der Waals surface area (Å²) in [6, 6.07) is 17.1. The molecule has 27 heavy (non-hydrogen) atoms. The highest BCUT2D eigenvalue weighted by Crippen LogP contribution is 2.11. The summed E-state index contributed by atoms with van der Waals surface area (Å²) in [5.74, 6) is 1.28. The average Bonchev–Trinajstić information content (AvgIpc) is 2.70. The molecule has 0 aliphatic carbocycles. The second-order valence-electron chi connectivity index (χ2n) is 5.83. The molecule has 0 heterocycles. The maximum atomic E-state index is 12.1. The van der Waals surface area contributed by atoms with E-state index in [1.54, 1.807) is 14.2 Å². The van der Waals surface area contributed by atoms with Crippen molar-refractivity contribution in [2.45, 2.75) is 13.1 Å². The zero-order valence-electron chi connectivity index (χ0n) is 15.6. The molecule has 2 aromatic rings. The van der Waals surface area contributed by atoms with Gasteiger partial charge in [0.1, 0.15) is 5.75 Å². The highest BCUT2D eigenvalue weighted by Gasteiger charge is 2.10. The first-order valence-corrected chi connectivity index (χ1v) is 10.3. The smallest absolute Gasteiger partial charge is 0.213 e. The second kappa shape index (κ2) is 10.5. The van der Waals surface area contributed by atoms with Gasteiger partial charge in [0.15, 0.2) is 5.96 Å². The zero-order chi connectivity index (χ0) is 19.5. The molecule has 0 unspecified atom stereocenters. The van der Waals surface area contributed by atoms with Crippen molar-refractivity contribution in [1.29, 1.82) is 0 Å². The monoisotopic (exact) mass is 390 g/mol. The van der Waals surface area contributed by atoms with Gasteiger partial charge in [0.05, 0.1) is 12.9 Å². The van der Waals surface area contributed by atoms with Crippen molar-refractivity contribution in [2.75, 3.05) is 26.5 Å². The standard InChI is InChI=1S/C19H26N4O3S/c1-20-19(22-14-17-9-6-10-18(13-17)26-2)21-11-12-27(24,25)23-15-16-7-4-3-5-8-16/h3-10,13,23H,11-12,14-15H2,1-2H3,(H2,20,21,22). The van der Waals surface area contributed by atoms with Crippen LogP contribution < -0.4 is 20.1 Å². The first kappa shape index (κ1) is 20.7. The van der Waals surface area contributed by atoms with Crippen LogP contribution in [0, 0.1) is 0 Å². The Hall–Kier alpha value is -2.58. The van der Waals surface area contributed by atoms with Gasteiger partial charge in [-0.25, -0.2) is 13.1 Å². The van der Waals surface area contributed by atoms with E-state index in [0.717, 1.165) is 16.9 Å². The maximum Gasteiger partial charge on any atom is 0.213 e. The summed E-state index contributed by atoms with van der Waals surface area (Å²) >= 11 is 0.